The first-order chi connectivity index (χ1) is 2.91. The van der Waals surface area contributed by atoms with Crippen LogP contribution in [0.2, 0.25) is 0 Å². The van der Waals surface area contributed by atoms with Crippen LogP contribution in [0.1, 0.15) is 33.1 Å². The first-order valence-electron chi connectivity index (χ1n) is 2.69. The molecular formula is C6H13. The van der Waals surface area contributed by atoms with Crippen molar-refractivity contribution in [3.63, 3.8) is 0 Å². The summed E-state index contributed by atoms with van der Waals surface area (Å²) in [4.78, 5) is 0. The molecule has 0 spiro atoms. The largest absolute Gasteiger partial charge is 0.0654 e. The highest BCUT2D eigenvalue weighted by Gasteiger charge is 1.75. The van der Waals surface area contributed by atoms with Crippen LogP contribution in [0.5, 0.6) is 0 Å². The summed E-state index contributed by atoms with van der Waals surface area (Å²) < 4.78 is 0. The lowest BCUT2D eigenvalue weighted by Gasteiger charge is -1.85. The molecule has 0 heteroatoms. The molecule has 0 aromatic carbocycles. The quantitative estimate of drug-likeness (QED) is 0.461. The zero-order valence-electron chi connectivity index (χ0n) is 4.70. The molecule has 0 saturated carbocycles. The third kappa shape index (κ3) is 4.00. The second-order valence-corrected chi connectivity index (χ2v) is 1.55. The molecule has 0 aliphatic heterocycles. The Hall–Kier alpha value is 0. The van der Waals surface area contributed by atoms with Gasteiger partial charge >= 0.3 is 0 Å². The van der Waals surface area contributed by atoms with E-state index in [2.05, 4.69) is 20.3 Å². The molecule has 0 heterocycles. The number of hydrogen-bond acceptors (Lipinski definition) is 0. The zero-order chi connectivity index (χ0) is 4.83. The maximum atomic E-state index is 2.21. The summed E-state index contributed by atoms with van der Waals surface area (Å²) in [7, 11) is 0. The Labute approximate surface area is 40.6 Å². The van der Waals surface area contributed by atoms with Crippen LogP contribution in [0.3, 0.4) is 0 Å². The van der Waals surface area contributed by atoms with Crippen molar-refractivity contribution in [2.75, 3.05) is 0 Å². The molecule has 0 aliphatic carbocycles. The van der Waals surface area contributed by atoms with Gasteiger partial charge in [0.1, 0.15) is 0 Å². The fourth-order valence-electron chi connectivity index (χ4n) is 0.408. The summed E-state index contributed by atoms with van der Waals surface area (Å²) in [5, 5.41) is 0. The van der Waals surface area contributed by atoms with E-state index in [-0.39, 0.29) is 0 Å². The molecule has 0 saturated heterocycles. The lowest BCUT2D eigenvalue weighted by molar-refractivity contribution is 0.784. The average Bonchev–Trinajstić information content (AvgIpc) is 1.61. The molecular weight excluding hydrogens is 72.1 g/mol. The van der Waals surface area contributed by atoms with Gasteiger partial charge in [0.15, 0.2) is 0 Å². The summed E-state index contributed by atoms with van der Waals surface area (Å²) in [6.07, 6.45) is 6.18. The van der Waals surface area contributed by atoms with E-state index >= 15 is 0 Å². The van der Waals surface area contributed by atoms with Crippen LogP contribution in [0.4, 0.5) is 0 Å². The van der Waals surface area contributed by atoms with Gasteiger partial charge in [0.25, 0.3) is 0 Å². The van der Waals surface area contributed by atoms with Gasteiger partial charge in [0, 0.05) is 0 Å². The summed E-state index contributed by atoms with van der Waals surface area (Å²) >= 11 is 0. The van der Waals surface area contributed by atoms with Crippen molar-refractivity contribution in [3.8, 4) is 0 Å². The molecule has 0 aliphatic rings. The molecule has 1 radical (unpaired) electrons. The molecule has 0 nitrogen and oxygen atoms in total. The molecule has 37 valence electrons. The molecule has 0 aromatic heterocycles. The van der Waals surface area contributed by atoms with Crippen LogP contribution in [0.15, 0.2) is 0 Å². The minimum Gasteiger partial charge on any atom is -0.0654 e. The highest BCUT2D eigenvalue weighted by Crippen LogP contribution is 1.94. The monoisotopic (exact) mass is 85.1 g/mol. The van der Waals surface area contributed by atoms with E-state index in [0.29, 0.717) is 0 Å². The Morgan fingerprint density at radius 3 is 2.33 bits per heavy atom. The van der Waals surface area contributed by atoms with Crippen molar-refractivity contribution in [1.29, 1.82) is 0 Å². The fourth-order valence-corrected chi connectivity index (χ4v) is 0.408. The van der Waals surface area contributed by atoms with Gasteiger partial charge in [0.05, 0.1) is 0 Å². The van der Waals surface area contributed by atoms with Crippen molar-refractivity contribution in [1.82, 2.24) is 0 Å². The third-order valence-corrected chi connectivity index (χ3v) is 0.846. The third-order valence-electron chi connectivity index (χ3n) is 0.846. The normalized spacial score (nSPS) is 9.00. The lowest BCUT2D eigenvalue weighted by Crippen LogP contribution is -1.67. The van der Waals surface area contributed by atoms with Crippen LogP contribution >= 0.6 is 0 Å². The molecule has 0 rings (SSSR count). The topological polar surface area (TPSA) is 0 Å². The standard InChI is InChI=1S/C6H13/c1-3-5-6-4-2/h3H,4-6H2,1-2H3. The van der Waals surface area contributed by atoms with Crippen LogP contribution in [-0.2, 0) is 0 Å². The second kappa shape index (κ2) is 5.00. The molecule has 0 N–H and O–H groups in total. The van der Waals surface area contributed by atoms with E-state index in [1.54, 1.807) is 0 Å². The molecule has 0 amide bonds. The van der Waals surface area contributed by atoms with E-state index in [1.807, 2.05) is 0 Å². The Balaban J connectivity index is 2.34. The Morgan fingerprint density at radius 1 is 1.50 bits per heavy atom. The van der Waals surface area contributed by atoms with Gasteiger partial charge in [-0.3, -0.25) is 0 Å². The smallest absolute Gasteiger partial charge is 0.0417 e. The molecule has 0 unspecified atom stereocenters. The molecule has 0 bridgehead atoms. The zero-order valence-corrected chi connectivity index (χ0v) is 4.70. The maximum absolute atomic E-state index is 2.21. The van der Waals surface area contributed by atoms with Crippen molar-refractivity contribution >= 4 is 0 Å². The number of unbranched alkanes of at least 4 members (excludes halogenated alkanes) is 3. The van der Waals surface area contributed by atoms with Gasteiger partial charge in [-0.2, -0.15) is 0 Å². The van der Waals surface area contributed by atoms with Crippen LogP contribution in [-0.4, -0.2) is 0 Å². The predicted octanol–water partition coefficient (Wildman–Crippen LogP) is 2.40. The Morgan fingerprint density at radius 2 is 2.17 bits per heavy atom. The lowest BCUT2D eigenvalue weighted by atomic mass is 10.2. The minimum atomic E-state index is 1.29. The Kier molecular flexibility index (Phi) is 5.00. The summed E-state index contributed by atoms with van der Waals surface area (Å²) in [6.45, 7) is 4.32. The van der Waals surface area contributed by atoms with Crippen molar-refractivity contribution in [2.45, 2.75) is 33.1 Å². The minimum absolute atomic E-state index is 1.29. The van der Waals surface area contributed by atoms with Gasteiger partial charge in [-0.1, -0.05) is 33.1 Å². The van der Waals surface area contributed by atoms with Crippen LogP contribution < -0.4 is 0 Å². The fraction of sp³-hybridized carbons (Fsp3) is 0.833. The maximum Gasteiger partial charge on any atom is -0.0417 e. The van der Waals surface area contributed by atoms with E-state index in [9.17, 15) is 0 Å². The van der Waals surface area contributed by atoms with Crippen molar-refractivity contribution in [3.05, 3.63) is 6.42 Å². The highest BCUT2D eigenvalue weighted by molar-refractivity contribution is 4.52. The number of rotatable bonds is 3. The molecule has 0 atom stereocenters. The van der Waals surface area contributed by atoms with Gasteiger partial charge in [-0.05, 0) is 6.42 Å². The summed E-state index contributed by atoms with van der Waals surface area (Å²) in [6, 6.07) is 0. The number of hydrogen-bond donors (Lipinski definition) is 0. The summed E-state index contributed by atoms with van der Waals surface area (Å²) in [5.74, 6) is 0. The van der Waals surface area contributed by atoms with E-state index < -0.39 is 0 Å². The van der Waals surface area contributed by atoms with E-state index in [4.69, 9.17) is 0 Å². The molecule has 0 aromatic rings. The van der Waals surface area contributed by atoms with Crippen molar-refractivity contribution in [2.24, 2.45) is 0 Å². The predicted molar refractivity (Wildman–Crippen MR) is 29.5 cm³/mol. The van der Waals surface area contributed by atoms with Gasteiger partial charge < -0.3 is 0 Å². The summed E-state index contributed by atoms with van der Waals surface area (Å²) in [5.41, 5.74) is 0. The van der Waals surface area contributed by atoms with Gasteiger partial charge in [0.2, 0.25) is 0 Å². The average molecular weight is 85.2 g/mol. The Bertz CT molecular complexity index is 12.0. The molecule has 6 heavy (non-hydrogen) atoms. The van der Waals surface area contributed by atoms with E-state index in [0.717, 1.165) is 0 Å². The first kappa shape index (κ1) is 6.00. The van der Waals surface area contributed by atoms with Crippen LogP contribution in [0, 0.1) is 6.42 Å². The van der Waals surface area contributed by atoms with Gasteiger partial charge in [-0.15, -0.1) is 0 Å². The van der Waals surface area contributed by atoms with Crippen LogP contribution in [0.25, 0.3) is 0 Å². The second-order valence-electron chi connectivity index (χ2n) is 1.55. The first-order valence-corrected chi connectivity index (χ1v) is 2.69. The van der Waals surface area contributed by atoms with E-state index in [1.165, 1.54) is 19.3 Å². The highest BCUT2D eigenvalue weighted by atomic mass is 13.8. The van der Waals surface area contributed by atoms with Gasteiger partial charge in [-0.25, -0.2) is 0 Å². The molecule has 0 fully saturated rings. The van der Waals surface area contributed by atoms with Crippen molar-refractivity contribution < 1.29 is 0 Å². The SMILES string of the molecule is C[CH]CCCC.